The Balaban J connectivity index is 1.44. The highest BCUT2D eigenvalue weighted by atomic mass is 79.9. The van der Waals surface area contributed by atoms with Gasteiger partial charge in [0.05, 0.1) is 28.3 Å². The summed E-state index contributed by atoms with van der Waals surface area (Å²) in [4.78, 5) is 13.2. The normalized spacial score (nSPS) is 11.4. The summed E-state index contributed by atoms with van der Waals surface area (Å²) in [6.07, 6.45) is -0.634. The molecule has 0 amide bonds. The number of carbonyl (C=O) groups is 1. The second kappa shape index (κ2) is 14.3. The van der Waals surface area contributed by atoms with Crippen LogP contribution in [-0.4, -0.2) is 21.3 Å². The van der Waals surface area contributed by atoms with E-state index in [0.29, 0.717) is 53.0 Å². The fraction of sp³-hybridized carbons (Fsp3) is 0.0690. The molecule has 0 unspecified atom stereocenters. The number of ether oxygens (including phenoxy) is 1. The average Bonchev–Trinajstić information content (AvgIpc) is 3.53. The molecule has 0 radical (unpaired) electrons. The van der Waals surface area contributed by atoms with Gasteiger partial charge in [0.2, 0.25) is 5.13 Å². The third kappa shape index (κ3) is 8.06. The van der Waals surface area contributed by atoms with E-state index in [-0.39, 0.29) is 12.1 Å². The van der Waals surface area contributed by atoms with Gasteiger partial charge in [-0.15, -0.1) is 19.7 Å². The molecule has 45 heavy (non-hydrogen) atoms. The lowest BCUT2D eigenvalue weighted by molar-refractivity contribution is -0.0881. The van der Waals surface area contributed by atoms with Crippen molar-refractivity contribution in [3.8, 4) is 22.1 Å². The van der Waals surface area contributed by atoms with Crippen LogP contribution < -0.4 is 9.64 Å². The van der Waals surface area contributed by atoms with Gasteiger partial charge in [-0.25, -0.2) is 4.79 Å². The molecule has 1 heterocycles. The first kappa shape index (κ1) is 33.0. The Hall–Kier alpha value is -3.42. The predicted octanol–water partition coefficient (Wildman–Crippen LogP) is 10.6. The SMILES string of the molecule is O=C(O)c1cccc(Oc2cccc(-c3nnc(N(Cc4ccc(CP(=O)(OF)OF)c(Br)c4)c4ccc(Cl)c(Cl)c4)s3)c2)c1. The maximum absolute atomic E-state index is 12.6. The Bertz CT molecular complexity index is 1910. The molecule has 9 nitrogen and oxygen atoms in total. The summed E-state index contributed by atoms with van der Waals surface area (Å²) in [5, 5.41) is 19.8. The lowest BCUT2D eigenvalue weighted by Crippen LogP contribution is -2.16. The zero-order chi connectivity index (χ0) is 32.1. The van der Waals surface area contributed by atoms with Crippen molar-refractivity contribution >= 4 is 74.9 Å². The number of halogens is 5. The Morgan fingerprint density at radius 2 is 1.67 bits per heavy atom. The predicted molar refractivity (Wildman–Crippen MR) is 171 cm³/mol. The number of hydrogen-bond donors (Lipinski definition) is 1. The smallest absolute Gasteiger partial charge is 0.399 e. The van der Waals surface area contributed by atoms with Gasteiger partial charge < -0.3 is 14.7 Å². The van der Waals surface area contributed by atoms with Gasteiger partial charge in [-0.05, 0) is 74.8 Å². The standard InChI is InChI=1S/C29H19BrCl2F2N3O6PS/c30-24-11-17(7-8-20(24)16-44(40,42-33)43-34)15-37(21-9-10-25(31)26(32)14-21)29-36-35-27(45-29)18-3-1-5-22(12-18)41-23-6-2-4-19(13-23)28(38)39/h1-14H,15-16H2,(H,38,39). The van der Waals surface area contributed by atoms with Crippen molar-refractivity contribution in [2.75, 3.05) is 4.90 Å². The number of benzene rings is 4. The van der Waals surface area contributed by atoms with E-state index in [0.717, 1.165) is 5.56 Å². The highest BCUT2D eigenvalue weighted by Gasteiger charge is 2.29. The zero-order valence-electron chi connectivity index (χ0n) is 22.6. The van der Waals surface area contributed by atoms with Gasteiger partial charge in [0, 0.05) is 15.7 Å². The number of hydrogen-bond acceptors (Lipinski definition) is 9. The number of rotatable bonds is 12. The number of carboxylic acid groups (broad SMARTS) is 1. The van der Waals surface area contributed by atoms with Gasteiger partial charge >= 0.3 is 13.6 Å². The van der Waals surface area contributed by atoms with Gasteiger partial charge in [0.25, 0.3) is 0 Å². The maximum Gasteiger partial charge on any atom is 0.399 e. The van der Waals surface area contributed by atoms with E-state index in [9.17, 15) is 23.5 Å². The molecule has 5 aromatic rings. The summed E-state index contributed by atoms with van der Waals surface area (Å²) in [6.45, 7) is 0.255. The van der Waals surface area contributed by atoms with Crippen LogP contribution in [0.3, 0.4) is 0 Å². The van der Waals surface area contributed by atoms with Gasteiger partial charge in [-0.1, -0.05) is 80.8 Å². The van der Waals surface area contributed by atoms with Crippen LogP contribution in [0, 0.1) is 0 Å². The zero-order valence-corrected chi connectivity index (χ0v) is 27.4. The van der Waals surface area contributed by atoms with E-state index >= 15 is 0 Å². The molecule has 0 saturated heterocycles. The molecular weight excluding hydrogens is 738 g/mol. The van der Waals surface area contributed by atoms with Crippen molar-refractivity contribution in [3.05, 3.63) is 116 Å². The van der Waals surface area contributed by atoms with E-state index in [2.05, 4.69) is 35.6 Å². The van der Waals surface area contributed by atoms with E-state index in [1.807, 2.05) is 11.0 Å². The van der Waals surface area contributed by atoms with Gasteiger partial charge in [0.15, 0.2) is 0 Å². The second-order valence-electron chi connectivity index (χ2n) is 9.37. The van der Waals surface area contributed by atoms with Crippen LogP contribution in [0.4, 0.5) is 19.9 Å². The molecule has 16 heteroatoms. The minimum Gasteiger partial charge on any atom is -0.478 e. The number of aromatic nitrogens is 2. The van der Waals surface area contributed by atoms with Crippen LogP contribution in [0.2, 0.25) is 10.0 Å². The highest BCUT2D eigenvalue weighted by Crippen LogP contribution is 2.53. The Morgan fingerprint density at radius 1 is 0.933 bits per heavy atom. The van der Waals surface area contributed by atoms with Crippen molar-refractivity contribution in [1.29, 1.82) is 0 Å². The van der Waals surface area contributed by atoms with Crippen molar-refractivity contribution in [2.24, 2.45) is 0 Å². The molecule has 0 atom stereocenters. The lowest BCUT2D eigenvalue weighted by atomic mass is 10.1. The monoisotopic (exact) mass is 755 g/mol. The minimum atomic E-state index is -4.59. The molecule has 0 aliphatic rings. The molecule has 0 aliphatic carbocycles. The number of carboxylic acids is 1. The molecule has 0 bridgehead atoms. The molecule has 1 N–H and O–H groups in total. The third-order valence-corrected chi connectivity index (χ3v) is 9.91. The second-order valence-corrected chi connectivity index (χ2v) is 13.8. The van der Waals surface area contributed by atoms with Crippen LogP contribution in [0.1, 0.15) is 21.5 Å². The summed E-state index contributed by atoms with van der Waals surface area (Å²) in [7, 11) is -4.59. The Morgan fingerprint density at radius 3 is 2.36 bits per heavy atom. The fourth-order valence-electron chi connectivity index (χ4n) is 4.15. The molecule has 1 aromatic heterocycles. The first-order valence-corrected chi connectivity index (χ1v) is 16.8. The summed E-state index contributed by atoms with van der Waals surface area (Å²) in [5.41, 5.74) is 2.51. The first-order chi connectivity index (χ1) is 21.6. The van der Waals surface area contributed by atoms with Crippen molar-refractivity contribution in [1.82, 2.24) is 10.2 Å². The number of aromatic carboxylic acids is 1. The molecular formula is C29H19BrCl2F2N3O6PS. The van der Waals surface area contributed by atoms with E-state index < -0.39 is 19.7 Å². The summed E-state index contributed by atoms with van der Waals surface area (Å²) >= 11 is 17.2. The van der Waals surface area contributed by atoms with Crippen LogP contribution in [-0.2, 0) is 26.7 Å². The largest absolute Gasteiger partial charge is 0.478 e. The van der Waals surface area contributed by atoms with Crippen molar-refractivity contribution in [3.63, 3.8) is 0 Å². The Labute approximate surface area is 277 Å². The minimum absolute atomic E-state index is 0.101. The third-order valence-electron chi connectivity index (χ3n) is 6.29. The van der Waals surface area contributed by atoms with Crippen LogP contribution >= 0.6 is 58.1 Å². The number of nitrogens with zero attached hydrogens (tertiary/aromatic N) is 3. The molecule has 0 aliphatic heterocycles. The molecule has 5 rings (SSSR count). The fourth-order valence-corrected chi connectivity index (χ4v) is 6.90. The van der Waals surface area contributed by atoms with E-state index in [4.69, 9.17) is 27.9 Å². The van der Waals surface area contributed by atoms with Gasteiger partial charge in [-0.2, -0.15) is 0 Å². The molecule has 232 valence electrons. The summed E-state index contributed by atoms with van der Waals surface area (Å²) in [5.74, 6) is -0.224. The van der Waals surface area contributed by atoms with Gasteiger partial charge in [-0.3, -0.25) is 4.57 Å². The number of anilines is 2. The van der Waals surface area contributed by atoms with Gasteiger partial charge in [0.1, 0.15) is 16.5 Å². The summed E-state index contributed by atoms with van der Waals surface area (Å²) < 4.78 is 50.0. The highest BCUT2D eigenvalue weighted by molar-refractivity contribution is 9.10. The Kier molecular flexibility index (Phi) is 10.5. The average molecular weight is 757 g/mol. The molecule has 0 saturated carbocycles. The van der Waals surface area contributed by atoms with Crippen LogP contribution in [0.25, 0.3) is 10.6 Å². The molecule has 4 aromatic carbocycles. The van der Waals surface area contributed by atoms with Crippen LogP contribution in [0.5, 0.6) is 11.5 Å². The van der Waals surface area contributed by atoms with Crippen molar-refractivity contribution < 1.29 is 37.7 Å². The quantitative estimate of drug-likeness (QED) is 0.124. The van der Waals surface area contributed by atoms with Crippen molar-refractivity contribution in [2.45, 2.75) is 12.7 Å². The summed E-state index contributed by atoms with van der Waals surface area (Å²) in [6, 6.07) is 23.3. The molecule has 0 spiro atoms. The van der Waals surface area contributed by atoms with E-state index in [1.165, 1.54) is 23.5 Å². The maximum atomic E-state index is 12.6. The topological polar surface area (TPSA) is 111 Å². The first-order valence-electron chi connectivity index (χ1n) is 12.7. The molecule has 0 fully saturated rings. The van der Waals surface area contributed by atoms with E-state index in [1.54, 1.807) is 66.7 Å². The van der Waals surface area contributed by atoms with Crippen LogP contribution in [0.15, 0.2) is 89.4 Å². The lowest BCUT2D eigenvalue weighted by Gasteiger charge is -2.22.